The molecule has 0 amide bonds. The zero-order valence-electron chi connectivity index (χ0n) is 42.2. The lowest BCUT2D eigenvalue weighted by molar-refractivity contribution is -0.346. The highest BCUT2D eigenvalue weighted by molar-refractivity contribution is 6.09. The third kappa shape index (κ3) is 9.97. The van der Waals surface area contributed by atoms with Crippen molar-refractivity contribution in [2.45, 2.75) is 57.1 Å². The molecule has 4 saturated heterocycles. The molecule has 3 N–H and O–H groups in total. The Morgan fingerprint density at radius 1 is 0.644 bits per heavy atom. The van der Waals surface area contributed by atoms with Crippen molar-refractivity contribution in [1.29, 1.82) is 0 Å². The van der Waals surface area contributed by atoms with E-state index in [0.29, 0.717) is 19.0 Å². The van der Waals surface area contributed by atoms with Gasteiger partial charge in [0.2, 0.25) is 0 Å². The molecule has 0 bridgehead atoms. The molecule has 73 heavy (non-hydrogen) atoms. The van der Waals surface area contributed by atoms with Crippen LogP contribution in [0.25, 0.3) is 61.4 Å². The Morgan fingerprint density at radius 2 is 1.25 bits per heavy atom. The van der Waals surface area contributed by atoms with E-state index in [1.54, 1.807) is 6.92 Å². The van der Waals surface area contributed by atoms with Gasteiger partial charge in [0, 0.05) is 121 Å². The SMILES string of the molecule is CCn1c2ccccc2c2cc(-c3nc(-c4ccc(N5CCN(C)CC5)cc4)c(-c4ccc(N5CCN(C)CC5)cc4)n3-c3ccc(OCCOCCOC4(C)O[C@@H]5O[C@@H](CO)[C@H](O)[C@@H](O)[C@@H]5O4)cc3)ccc21. The molecule has 11 rings (SSSR count). The lowest BCUT2D eigenvalue weighted by Crippen LogP contribution is -2.57. The van der Waals surface area contributed by atoms with E-state index < -0.39 is 43.3 Å². The molecule has 16 nitrogen and oxygen atoms in total. The second-order valence-electron chi connectivity index (χ2n) is 19.7. The fourth-order valence-corrected chi connectivity index (χ4v) is 10.8. The average molecular weight is 994 g/mol. The molecule has 6 atom stereocenters. The topological polar surface area (TPSA) is 152 Å². The third-order valence-electron chi connectivity index (χ3n) is 14.9. The van der Waals surface area contributed by atoms with Crippen molar-refractivity contribution < 1.29 is 43.7 Å². The van der Waals surface area contributed by atoms with Crippen LogP contribution in [0.15, 0.2) is 115 Å². The molecular formula is C57H67N7O9. The monoisotopic (exact) mass is 994 g/mol. The number of piperazine rings is 2. The molecule has 6 heterocycles. The van der Waals surface area contributed by atoms with Crippen LogP contribution < -0.4 is 14.5 Å². The third-order valence-corrected chi connectivity index (χ3v) is 14.9. The van der Waals surface area contributed by atoms with Crippen molar-refractivity contribution in [1.82, 2.24) is 23.9 Å². The number of aliphatic hydroxyl groups is 3. The van der Waals surface area contributed by atoms with E-state index in [9.17, 15) is 15.3 Å². The standard InChI is InChI=1S/C57H67N7O9/c1-5-63-47-9-7-6-8-45(47)46-36-40(14-23-48(46)63)55-58-50(38-10-15-41(16-11-38)61-28-24-59(3)25-29-61)51(39-12-17-42(18-13-39)62-30-26-60(4)27-31-62)64(55)43-19-21-44(22-20-43)69-34-32-68-33-35-70-57(2)72-54-53(67)52(66)49(37-65)71-56(54)73-57/h6-23,36,49,52-54,56,65-67H,5,24-35,37H2,1-4H3/t49-,52-,53+,54-,56-,57?/m0/s1. The molecule has 0 saturated carbocycles. The summed E-state index contributed by atoms with van der Waals surface area (Å²) in [6, 6.07) is 41.6. The van der Waals surface area contributed by atoms with Crippen LogP contribution in [0.2, 0.25) is 0 Å². The lowest BCUT2D eigenvalue weighted by Gasteiger charge is -2.36. The first kappa shape index (κ1) is 49.3. The lowest BCUT2D eigenvalue weighted by atomic mass is 9.99. The molecule has 4 aliphatic rings. The Kier molecular flexibility index (Phi) is 14.3. The second kappa shape index (κ2) is 21.2. The van der Waals surface area contributed by atoms with Crippen LogP contribution >= 0.6 is 0 Å². The number of fused-ring (bicyclic) bond motifs is 4. The minimum Gasteiger partial charge on any atom is -0.491 e. The number of aryl methyl sites for hydroxylation is 1. The molecule has 1 unspecified atom stereocenters. The summed E-state index contributed by atoms with van der Waals surface area (Å²) >= 11 is 0. The van der Waals surface area contributed by atoms with E-state index in [-0.39, 0.29) is 13.2 Å². The van der Waals surface area contributed by atoms with Gasteiger partial charge in [-0.25, -0.2) is 4.98 Å². The number of aromatic nitrogens is 3. The summed E-state index contributed by atoms with van der Waals surface area (Å²) in [5, 5.41) is 32.7. The second-order valence-corrected chi connectivity index (χ2v) is 19.7. The summed E-state index contributed by atoms with van der Waals surface area (Å²) in [6.45, 7) is 13.2. The van der Waals surface area contributed by atoms with Crippen molar-refractivity contribution in [3.63, 3.8) is 0 Å². The van der Waals surface area contributed by atoms with E-state index in [1.807, 2.05) is 12.1 Å². The summed E-state index contributed by atoms with van der Waals surface area (Å²) in [5.41, 5.74) is 10.8. The Morgan fingerprint density at radius 3 is 1.90 bits per heavy atom. The number of nitrogens with zero attached hydrogens (tertiary/aromatic N) is 7. The zero-order valence-corrected chi connectivity index (χ0v) is 42.2. The van der Waals surface area contributed by atoms with E-state index in [4.69, 9.17) is 33.4 Å². The maximum atomic E-state index is 10.5. The predicted molar refractivity (Wildman–Crippen MR) is 282 cm³/mol. The number of imidazole rings is 1. The maximum absolute atomic E-state index is 10.5. The van der Waals surface area contributed by atoms with Crippen molar-refractivity contribution in [2.24, 2.45) is 0 Å². The summed E-state index contributed by atoms with van der Waals surface area (Å²) in [6.07, 6.45) is -5.58. The highest BCUT2D eigenvalue weighted by Gasteiger charge is 2.56. The number of hydrogen-bond donors (Lipinski definition) is 3. The van der Waals surface area contributed by atoms with Gasteiger partial charge in [-0.05, 0) is 93.8 Å². The Balaban J connectivity index is 0.882. The van der Waals surface area contributed by atoms with Gasteiger partial charge in [0.25, 0.3) is 5.97 Å². The van der Waals surface area contributed by atoms with Gasteiger partial charge in [0.15, 0.2) is 6.29 Å². The smallest absolute Gasteiger partial charge is 0.282 e. The Hall–Kier alpha value is -5.89. The van der Waals surface area contributed by atoms with Crippen LogP contribution in [0.1, 0.15) is 13.8 Å². The van der Waals surface area contributed by atoms with Gasteiger partial charge in [-0.15, -0.1) is 0 Å². The molecule has 0 aliphatic carbocycles. The number of rotatable bonds is 16. The molecule has 4 aliphatic heterocycles. The summed E-state index contributed by atoms with van der Waals surface area (Å²) in [5.74, 6) is 0.0117. The molecule has 2 aromatic heterocycles. The fourth-order valence-electron chi connectivity index (χ4n) is 10.8. The first-order chi connectivity index (χ1) is 35.6. The summed E-state index contributed by atoms with van der Waals surface area (Å²) < 4.78 is 39.7. The predicted octanol–water partition coefficient (Wildman–Crippen LogP) is 6.44. The molecule has 0 radical (unpaired) electrons. The van der Waals surface area contributed by atoms with Crippen LogP contribution in [0.4, 0.5) is 11.4 Å². The van der Waals surface area contributed by atoms with E-state index >= 15 is 0 Å². The normalized spacial score (nSPS) is 24.0. The number of likely N-dealkylation sites (N-methyl/N-ethyl adjacent to an activating group) is 2. The van der Waals surface area contributed by atoms with Gasteiger partial charge in [0.1, 0.15) is 42.6 Å². The molecular weight excluding hydrogens is 927 g/mol. The van der Waals surface area contributed by atoms with Crippen LogP contribution in [-0.4, -0.2) is 175 Å². The fraction of sp³-hybridized carbons (Fsp3) is 0.421. The van der Waals surface area contributed by atoms with Gasteiger partial charge >= 0.3 is 0 Å². The van der Waals surface area contributed by atoms with Crippen LogP contribution in [0.3, 0.4) is 0 Å². The number of anilines is 2. The molecule has 16 heteroatoms. The number of aliphatic hydroxyl groups excluding tert-OH is 3. The minimum absolute atomic E-state index is 0.122. The highest BCUT2D eigenvalue weighted by Crippen LogP contribution is 2.42. The van der Waals surface area contributed by atoms with Gasteiger partial charge in [-0.3, -0.25) is 9.30 Å². The van der Waals surface area contributed by atoms with E-state index in [2.05, 4.69) is 153 Å². The molecule has 4 fully saturated rings. The van der Waals surface area contributed by atoms with E-state index in [1.165, 1.54) is 33.2 Å². The molecule has 384 valence electrons. The summed E-state index contributed by atoms with van der Waals surface area (Å²) in [4.78, 5) is 15.4. The first-order valence-electron chi connectivity index (χ1n) is 25.7. The van der Waals surface area contributed by atoms with Crippen LogP contribution in [-0.2, 0) is 30.2 Å². The van der Waals surface area contributed by atoms with Crippen LogP contribution in [0.5, 0.6) is 5.75 Å². The van der Waals surface area contributed by atoms with Crippen molar-refractivity contribution in [2.75, 3.05) is 109 Å². The van der Waals surface area contributed by atoms with Crippen molar-refractivity contribution in [3.8, 4) is 45.3 Å². The highest BCUT2D eigenvalue weighted by atomic mass is 16.9. The number of benzene rings is 5. The Bertz CT molecular complexity index is 2990. The van der Waals surface area contributed by atoms with E-state index in [0.717, 1.165) is 98.5 Å². The quantitative estimate of drug-likeness (QED) is 0.0911. The van der Waals surface area contributed by atoms with Crippen molar-refractivity contribution in [3.05, 3.63) is 115 Å². The molecule has 5 aromatic carbocycles. The van der Waals surface area contributed by atoms with Gasteiger partial charge in [0.05, 0.1) is 37.8 Å². The molecule has 0 spiro atoms. The van der Waals surface area contributed by atoms with Gasteiger partial charge < -0.3 is 63.2 Å². The minimum atomic E-state index is -1.52. The summed E-state index contributed by atoms with van der Waals surface area (Å²) in [7, 11) is 4.38. The number of ether oxygens (including phenoxy) is 6. The first-order valence-corrected chi connectivity index (χ1v) is 25.7. The largest absolute Gasteiger partial charge is 0.491 e. The number of hydrogen-bond acceptors (Lipinski definition) is 14. The number of para-hydroxylation sites is 1. The van der Waals surface area contributed by atoms with Crippen molar-refractivity contribution >= 4 is 33.2 Å². The van der Waals surface area contributed by atoms with Gasteiger partial charge in [-0.1, -0.05) is 42.5 Å². The maximum Gasteiger partial charge on any atom is 0.282 e. The Labute approximate surface area is 426 Å². The zero-order chi connectivity index (χ0) is 50.2. The average Bonchev–Trinajstić information content (AvgIpc) is 4.09. The van der Waals surface area contributed by atoms with Crippen LogP contribution in [0, 0.1) is 0 Å². The van der Waals surface area contributed by atoms with Gasteiger partial charge in [-0.2, -0.15) is 0 Å². The molecule has 7 aromatic rings.